The minimum Gasteiger partial charge on any atom is -0.339 e. The van der Waals surface area contributed by atoms with Crippen LogP contribution in [0.5, 0.6) is 0 Å². The van der Waals surface area contributed by atoms with Crippen LogP contribution in [-0.2, 0) is 9.59 Å². The Morgan fingerprint density at radius 1 is 1.56 bits per heavy atom. The summed E-state index contributed by atoms with van der Waals surface area (Å²) in [7, 11) is 0. The van der Waals surface area contributed by atoms with Gasteiger partial charge >= 0.3 is 0 Å². The number of aromatic nitrogens is 2. The molecule has 6 heteroatoms. The van der Waals surface area contributed by atoms with E-state index >= 15 is 0 Å². The fourth-order valence-electron chi connectivity index (χ4n) is 2.34. The van der Waals surface area contributed by atoms with Crippen molar-refractivity contribution < 1.29 is 9.59 Å². The summed E-state index contributed by atoms with van der Waals surface area (Å²) in [6, 6.07) is 0.393. The summed E-state index contributed by atoms with van der Waals surface area (Å²) < 4.78 is 0. The third-order valence-electron chi connectivity index (χ3n) is 3.59. The Balaban J connectivity index is 1.63. The van der Waals surface area contributed by atoms with Crippen LogP contribution in [0.15, 0.2) is 6.20 Å². The minimum absolute atomic E-state index is 0.0983. The van der Waals surface area contributed by atoms with E-state index in [1.54, 1.807) is 6.20 Å². The number of hydrogen-bond acceptors (Lipinski definition) is 3. The van der Waals surface area contributed by atoms with Gasteiger partial charge in [-0.25, -0.2) is 0 Å². The Labute approximate surface area is 105 Å². The van der Waals surface area contributed by atoms with Crippen molar-refractivity contribution in [1.29, 1.82) is 0 Å². The number of nitrogens with one attached hydrogen (secondary N) is 2. The first-order valence-corrected chi connectivity index (χ1v) is 6.25. The van der Waals surface area contributed by atoms with Crippen molar-refractivity contribution in [3.63, 3.8) is 0 Å². The molecule has 18 heavy (non-hydrogen) atoms. The minimum atomic E-state index is -0.235. The molecule has 1 saturated carbocycles. The zero-order chi connectivity index (χ0) is 12.7. The Morgan fingerprint density at radius 2 is 2.33 bits per heavy atom. The molecule has 0 aromatic carbocycles. The summed E-state index contributed by atoms with van der Waals surface area (Å²) in [4.78, 5) is 25.7. The third kappa shape index (κ3) is 1.98. The van der Waals surface area contributed by atoms with Gasteiger partial charge in [-0.1, -0.05) is 0 Å². The highest BCUT2D eigenvalue weighted by atomic mass is 16.2. The topological polar surface area (TPSA) is 78.1 Å². The zero-order valence-electron chi connectivity index (χ0n) is 10.3. The number of carbonyl (C=O) groups is 2. The molecule has 1 aromatic rings. The van der Waals surface area contributed by atoms with Crippen LogP contribution < -0.4 is 5.32 Å². The van der Waals surface area contributed by atoms with E-state index in [0.717, 1.165) is 18.4 Å². The number of amides is 2. The standard InChI is InChI=1S/C12H16N4O2/c1-7-5-13-15-11(7)14-12(18)8-4-10(17)16(6-8)9-2-3-9/h5,8-9H,2-4,6H2,1H3,(H2,13,14,15,18). The SMILES string of the molecule is Cc1cn[nH]c1NC(=O)C1CC(=O)N(C2CC2)C1. The lowest BCUT2D eigenvalue weighted by Crippen LogP contribution is -2.30. The molecule has 1 aliphatic carbocycles. The summed E-state index contributed by atoms with van der Waals surface area (Å²) in [5, 5.41) is 9.39. The average molecular weight is 248 g/mol. The maximum Gasteiger partial charge on any atom is 0.230 e. The van der Waals surface area contributed by atoms with Gasteiger partial charge in [-0.3, -0.25) is 14.7 Å². The molecule has 1 aromatic heterocycles. The monoisotopic (exact) mass is 248 g/mol. The maximum absolute atomic E-state index is 12.1. The van der Waals surface area contributed by atoms with Crippen LogP contribution in [0.25, 0.3) is 0 Å². The second-order valence-corrected chi connectivity index (χ2v) is 5.10. The zero-order valence-corrected chi connectivity index (χ0v) is 10.3. The van der Waals surface area contributed by atoms with Crippen molar-refractivity contribution in [3.8, 4) is 0 Å². The van der Waals surface area contributed by atoms with E-state index in [0.29, 0.717) is 24.8 Å². The number of H-pyrrole nitrogens is 1. The van der Waals surface area contributed by atoms with E-state index in [2.05, 4.69) is 15.5 Å². The number of carbonyl (C=O) groups excluding carboxylic acids is 2. The van der Waals surface area contributed by atoms with Crippen LogP contribution >= 0.6 is 0 Å². The highest BCUT2D eigenvalue weighted by Gasteiger charge is 2.41. The molecule has 1 unspecified atom stereocenters. The smallest absolute Gasteiger partial charge is 0.230 e. The van der Waals surface area contributed by atoms with Crippen molar-refractivity contribution in [1.82, 2.24) is 15.1 Å². The largest absolute Gasteiger partial charge is 0.339 e. The lowest BCUT2D eigenvalue weighted by molar-refractivity contribution is -0.128. The number of likely N-dealkylation sites (tertiary alicyclic amines) is 1. The van der Waals surface area contributed by atoms with E-state index in [1.165, 1.54) is 0 Å². The Bertz CT molecular complexity index is 492. The Morgan fingerprint density at radius 3 is 2.94 bits per heavy atom. The van der Waals surface area contributed by atoms with Gasteiger partial charge < -0.3 is 10.2 Å². The molecule has 2 heterocycles. The van der Waals surface area contributed by atoms with Crippen molar-refractivity contribution in [3.05, 3.63) is 11.8 Å². The molecule has 0 spiro atoms. The molecule has 1 saturated heterocycles. The maximum atomic E-state index is 12.1. The van der Waals surface area contributed by atoms with Crippen molar-refractivity contribution >= 4 is 17.6 Å². The number of anilines is 1. The average Bonchev–Trinajstić information content (AvgIpc) is 3.00. The molecule has 1 aliphatic heterocycles. The van der Waals surface area contributed by atoms with E-state index in [1.807, 2.05) is 11.8 Å². The predicted molar refractivity (Wildman–Crippen MR) is 64.8 cm³/mol. The van der Waals surface area contributed by atoms with Gasteiger partial charge in [-0.05, 0) is 19.8 Å². The molecule has 2 N–H and O–H groups in total. The second kappa shape index (κ2) is 4.12. The van der Waals surface area contributed by atoms with Gasteiger partial charge in [0.1, 0.15) is 5.82 Å². The molecule has 2 aliphatic rings. The molecular formula is C12H16N4O2. The normalized spacial score (nSPS) is 23.5. The first-order chi connectivity index (χ1) is 8.65. The molecule has 96 valence electrons. The molecule has 0 bridgehead atoms. The van der Waals surface area contributed by atoms with Crippen LogP contribution in [0.4, 0.5) is 5.82 Å². The molecule has 2 amide bonds. The third-order valence-corrected chi connectivity index (χ3v) is 3.59. The van der Waals surface area contributed by atoms with Gasteiger partial charge in [-0.2, -0.15) is 5.10 Å². The van der Waals surface area contributed by atoms with E-state index in [9.17, 15) is 9.59 Å². The van der Waals surface area contributed by atoms with Gasteiger partial charge in [0, 0.05) is 24.6 Å². The van der Waals surface area contributed by atoms with Crippen LogP contribution in [0, 0.1) is 12.8 Å². The van der Waals surface area contributed by atoms with Crippen LogP contribution in [0.3, 0.4) is 0 Å². The first kappa shape index (κ1) is 11.3. The van der Waals surface area contributed by atoms with Gasteiger partial charge in [0.2, 0.25) is 11.8 Å². The summed E-state index contributed by atoms with van der Waals surface area (Å²) in [6.07, 6.45) is 4.15. The van der Waals surface area contributed by atoms with Gasteiger partial charge in [-0.15, -0.1) is 0 Å². The molecular weight excluding hydrogens is 232 g/mol. The van der Waals surface area contributed by atoms with Crippen LogP contribution in [-0.4, -0.2) is 39.5 Å². The molecule has 6 nitrogen and oxygen atoms in total. The highest BCUT2D eigenvalue weighted by molar-refractivity contribution is 5.97. The molecule has 3 rings (SSSR count). The fraction of sp³-hybridized carbons (Fsp3) is 0.583. The quantitative estimate of drug-likeness (QED) is 0.825. The predicted octanol–water partition coefficient (Wildman–Crippen LogP) is 0.668. The van der Waals surface area contributed by atoms with Gasteiger partial charge in [0.15, 0.2) is 0 Å². The Kier molecular flexibility index (Phi) is 2.57. The number of aryl methyl sites for hydroxylation is 1. The van der Waals surface area contributed by atoms with Gasteiger partial charge in [0.05, 0.1) is 12.1 Å². The summed E-state index contributed by atoms with van der Waals surface area (Å²) in [5.41, 5.74) is 0.895. The van der Waals surface area contributed by atoms with Crippen molar-refractivity contribution in [2.45, 2.75) is 32.2 Å². The summed E-state index contributed by atoms with van der Waals surface area (Å²) >= 11 is 0. The van der Waals surface area contributed by atoms with Gasteiger partial charge in [0.25, 0.3) is 0 Å². The van der Waals surface area contributed by atoms with E-state index in [4.69, 9.17) is 0 Å². The van der Waals surface area contributed by atoms with Crippen LogP contribution in [0.1, 0.15) is 24.8 Å². The first-order valence-electron chi connectivity index (χ1n) is 6.25. The van der Waals surface area contributed by atoms with Crippen molar-refractivity contribution in [2.75, 3.05) is 11.9 Å². The summed E-state index contributed by atoms with van der Waals surface area (Å²) in [6.45, 7) is 2.43. The number of aromatic amines is 1. The molecule has 1 atom stereocenters. The Hall–Kier alpha value is -1.85. The highest BCUT2D eigenvalue weighted by Crippen LogP contribution is 2.32. The molecule has 0 radical (unpaired) electrons. The van der Waals surface area contributed by atoms with E-state index in [-0.39, 0.29) is 17.7 Å². The number of rotatable bonds is 3. The lowest BCUT2D eigenvalue weighted by atomic mass is 10.1. The lowest BCUT2D eigenvalue weighted by Gasteiger charge is -2.15. The van der Waals surface area contributed by atoms with E-state index < -0.39 is 0 Å². The fourth-order valence-corrected chi connectivity index (χ4v) is 2.34. The van der Waals surface area contributed by atoms with Crippen molar-refractivity contribution in [2.24, 2.45) is 5.92 Å². The second-order valence-electron chi connectivity index (χ2n) is 5.10. The molecule has 2 fully saturated rings. The van der Waals surface area contributed by atoms with Crippen LogP contribution in [0.2, 0.25) is 0 Å². The summed E-state index contributed by atoms with van der Waals surface area (Å²) in [5.74, 6) is 0.399. The number of hydrogen-bond donors (Lipinski definition) is 2. The number of nitrogens with zero attached hydrogens (tertiary/aromatic N) is 2.